The van der Waals surface area contributed by atoms with Crippen LogP contribution in [0.4, 0.5) is 8.78 Å². The average Bonchev–Trinajstić information content (AvgIpc) is 2.59. The molecule has 1 aliphatic carbocycles. The Morgan fingerprint density at radius 3 is 2.00 bits per heavy atom. The van der Waals surface area contributed by atoms with Crippen LogP contribution in [0.2, 0.25) is 0 Å². The van der Waals surface area contributed by atoms with Crippen molar-refractivity contribution in [3.63, 3.8) is 0 Å². The van der Waals surface area contributed by atoms with E-state index in [9.17, 15) is 14.0 Å². The molecular formula is C18H21BrF2O4. The summed E-state index contributed by atoms with van der Waals surface area (Å²) in [6.07, 6.45) is 3.99. The summed E-state index contributed by atoms with van der Waals surface area (Å²) in [4.78, 5) is 24.4. The molecule has 0 radical (unpaired) electrons. The summed E-state index contributed by atoms with van der Waals surface area (Å²) in [6.45, 7) is 3.25. The maximum absolute atomic E-state index is 15.2. The molecule has 2 rings (SSSR count). The maximum Gasteiger partial charge on any atom is 0.342 e. The zero-order valence-corrected chi connectivity index (χ0v) is 15.9. The van der Waals surface area contributed by atoms with Crippen molar-refractivity contribution in [2.24, 2.45) is 0 Å². The molecule has 25 heavy (non-hydrogen) atoms. The number of rotatable bonds is 5. The van der Waals surface area contributed by atoms with Gasteiger partial charge in [0.2, 0.25) is 0 Å². The second kappa shape index (κ2) is 8.74. The van der Waals surface area contributed by atoms with Gasteiger partial charge in [0.15, 0.2) is 5.82 Å². The SMILES string of the molecule is CCOC(=O)c1c(F)c(C2CCCCC2)c(C(=O)OCC)c(F)c1Br. The zero-order chi connectivity index (χ0) is 18.6. The summed E-state index contributed by atoms with van der Waals surface area (Å²) >= 11 is 2.91. The summed E-state index contributed by atoms with van der Waals surface area (Å²) in [6, 6.07) is 0. The molecule has 0 atom stereocenters. The van der Waals surface area contributed by atoms with Crippen LogP contribution < -0.4 is 0 Å². The monoisotopic (exact) mass is 418 g/mol. The number of ether oxygens (including phenoxy) is 2. The lowest BCUT2D eigenvalue weighted by Gasteiger charge is -2.26. The molecule has 0 unspecified atom stereocenters. The largest absolute Gasteiger partial charge is 0.462 e. The average molecular weight is 419 g/mol. The zero-order valence-electron chi connectivity index (χ0n) is 14.3. The lowest BCUT2D eigenvalue weighted by molar-refractivity contribution is 0.0498. The third-order valence-corrected chi connectivity index (χ3v) is 5.07. The van der Waals surface area contributed by atoms with Gasteiger partial charge in [0.25, 0.3) is 0 Å². The Kier molecular flexibility index (Phi) is 6.93. The van der Waals surface area contributed by atoms with Crippen LogP contribution in [0.25, 0.3) is 0 Å². The first-order valence-electron chi connectivity index (χ1n) is 8.48. The van der Waals surface area contributed by atoms with Gasteiger partial charge in [-0.1, -0.05) is 19.3 Å². The van der Waals surface area contributed by atoms with Gasteiger partial charge in [-0.3, -0.25) is 0 Å². The fourth-order valence-corrected chi connectivity index (χ4v) is 3.77. The molecule has 0 amide bonds. The Bertz CT molecular complexity index is 670. The highest BCUT2D eigenvalue weighted by atomic mass is 79.9. The highest BCUT2D eigenvalue weighted by molar-refractivity contribution is 9.10. The molecule has 0 saturated heterocycles. The Morgan fingerprint density at radius 1 is 0.960 bits per heavy atom. The first-order valence-corrected chi connectivity index (χ1v) is 9.27. The third kappa shape index (κ3) is 4.02. The van der Waals surface area contributed by atoms with E-state index in [1.165, 1.54) is 0 Å². The number of hydrogen-bond acceptors (Lipinski definition) is 4. The molecule has 138 valence electrons. The minimum Gasteiger partial charge on any atom is -0.462 e. The quantitative estimate of drug-likeness (QED) is 0.491. The molecule has 0 bridgehead atoms. The van der Waals surface area contributed by atoms with Crippen molar-refractivity contribution in [2.45, 2.75) is 51.9 Å². The van der Waals surface area contributed by atoms with Gasteiger partial charge in [-0.2, -0.15) is 0 Å². The van der Waals surface area contributed by atoms with E-state index in [4.69, 9.17) is 9.47 Å². The number of benzene rings is 1. The van der Waals surface area contributed by atoms with Gasteiger partial charge >= 0.3 is 11.9 Å². The smallest absolute Gasteiger partial charge is 0.342 e. The van der Waals surface area contributed by atoms with Gasteiger partial charge in [0.05, 0.1) is 17.7 Å². The van der Waals surface area contributed by atoms with Crippen molar-refractivity contribution in [1.82, 2.24) is 0 Å². The molecule has 0 spiro atoms. The van der Waals surface area contributed by atoms with Crippen LogP contribution in [0.1, 0.15) is 78.1 Å². The van der Waals surface area contributed by atoms with Crippen molar-refractivity contribution in [3.05, 3.63) is 32.8 Å². The normalized spacial score (nSPS) is 15.1. The highest BCUT2D eigenvalue weighted by Crippen LogP contribution is 2.41. The van der Waals surface area contributed by atoms with E-state index >= 15 is 4.39 Å². The van der Waals surface area contributed by atoms with Gasteiger partial charge in [-0.05, 0) is 48.5 Å². The minimum absolute atomic E-state index is 0.0325. The maximum atomic E-state index is 15.2. The van der Waals surface area contributed by atoms with E-state index in [-0.39, 0.29) is 24.7 Å². The van der Waals surface area contributed by atoms with Crippen molar-refractivity contribution < 1.29 is 27.8 Å². The first-order chi connectivity index (χ1) is 11.9. The van der Waals surface area contributed by atoms with E-state index in [0.717, 1.165) is 19.3 Å². The summed E-state index contributed by atoms with van der Waals surface area (Å²) in [5.74, 6) is -4.09. The van der Waals surface area contributed by atoms with Crippen LogP contribution in [0, 0.1) is 11.6 Å². The summed E-state index contributed by atoms with van der Waals surface area (Å²) in [5.41, 5.74) is -0.999. The minimum atomic E-state index is -0.983. The molecule has 0 aromatic heterocycles. The van der Waals surface area contributed by atoms with E-state index in [1.54, 1.807) is 13.8 Å². The Labute approximate surface area is 154 Å². The fraction of sp³-hybridized carbons (Fsp3) is 0.556. The van der Waals surface area contributed by atoms with Crippen LogP contribution in [-0.2, 0) is 9.47 Å². The topological polar surface area (TPSA) is 52.6 Å². The molecule has 4 nitrogen and oxygen atoms in total. The predicted octanol–water partition coefficient (Wildman–Crippen LogP) is 5.13. The number of carbonyl (C=O) groups excluding carboxylic acids is 2. The Hall–Kier alpha value is -1.50. The van der Waals surface area contributed by atoms with Gasteiger partial charge in [-0.15, -0.1) is 0 Å². The summed E-state index contributed by atoms with van der Waals surface area (Å²) < 4.78 is 39.5. The number of carbonyl (C=O) groups is 2. The second-order valence-electron chi connectivity index (χ2n) is 5.88. The number of hydrogen-bond donors (Lipinski definition) is 0. The van der Waals surface area contributed by atoms with Crippen LogP contribution >= 0.6 is 15.9 Å². The van der Waals surface area contributed by atoms with Crippen molar-refractivity contribution in [3.8, 4) is 0 Å². The molecule has 7 heteroatoms. The Morgan fingerprint density at radius 2 is 1.48 bits per heavy atom. The standard InChI is InChI=1S/C18H21BrF2O4/c1-3-24-17(22)12-11(10-8-6-5-7-9-10)15(20)13(14(19)16(12)21)18(23)25-4-2/h10H,3-9H2,1-2H3. The van der Waals surface area contributed by atoms with Gasteiger partial charge in [-0.25, -0.2) is 18.4 Å². The molecule has 1 fully saturated rings. The Balaban J connectivity index is 2.69. The first kappa shape index (κ1) is 19.8. The van der Waals surface area contributed by atoms with Gasteiger partial charge in [0, 0.05) is 5.56 Å². The van der Waals surface area contributed by atoms with E-state index in [1.807, 2.05) is 0 Å². The summed E-state index contributed by atoms with van der Waals surface area (Å²) in [5, 5.41) is 0. The van der Waals surface area contributed by atoms with Crippen LogP contribution in [0.3, 0.4) is 0 Å². The molecule has 0 N–H and O–H groups in total. The van der Waals surface area contributed by atoms with Gasteiger partial charge < -0.3 is 9.47 Å². The molecular weight excluding hydrogens is 398 g/mol. The van der Waals surface area contributed by atoms with Gasteiger partial charge in [0.1, 0.15) is 16.9 Å². The van der Waals surface area contributed by atoms with Crippen molar-refractivity contribution >= 4 is 27.9 Å². The van der Waals surface area contributed by atoms with Crippen molar-refractivity contribution in [1.29, 1.82) is 0 Å². The van der Waals surface area contributed by atoms with E-state index < -0.39 is 39.2 Å². The molecule has 0 heterocycles. The van der Waals surface area contributed by atoms with E-state index in [2.05, 4.69) is 15.9 Å². The number of halogens is 3. The fourth-order valence-electron chi connectivity index (χ4n) is 3.24. The summed E-state index contributed by atoms with van der Waals surface area (Å²) in [7, 11) is 0. The van der Waals surface area contributed by atoms with E-state index in [0.29, 0.717) is 12.8 Å². The molecule has 0 aliphatic heterocycles. The molecule has 1 aromatic carbocycles. The van der Waals surface area contributed by atoms with Crippen LogP contribution in [0.5, 0.6) is 0 Å². The lowest BCUT2D eigenvalue weighted by Crippen LogP contribution is -2.21. The number of esters is 2. The predicted molar refractivity (Wildman–Crippen MR) is 91.8 cm³/mol. The molecule has 1 aliphatic rings. The molecule has 1 aromatic rings. The van der Waals surface area contributed by atoms with Crippen LogP contribution in [0.15, 0.2) is 4.47 Å². The second-order valence-corrected chi connectivity index (χ2v) is 6.67. The molecule has 1 saturated carbocycles. The third-order valence-electron chi connectivity index (χ3n) is 4.33. The van der Waals surface area contributed by atoms with Crippen LogP contribution in [-0.4, -0.2) is 25.2 Å². The van der Waals surface area contributed by atoms with Crippen molar-refractivity contribution in [2.75, 3.05) is 13.2 Å². The lowest BCUT2D eigenvalue weighted by atomic mass is 9.81. The highest BCUT2D eigenvalue weighted by Gasteiger charge is 2.35.